The fourth-order valence-electron chi connectivity index (χ4n) is 2.27. The average molecular weight is 239 g/mol. The molecular formula is C13H18FNO2. The van der Waals surface area contributed by atoms with Gasteiger partial charge in [-0.3, -0.25) is 0 Å². The van der Waals surface area contributed by atoms with Crippen molar-refractivity contribution in [1.29, 1.82) is 0 Å². The van der Waals surface area contributed by atoms with Crippen molar-refractivity contribution >= 4 is 0 Å². The molecule has 0 fully saturated rings. The number of halogens is 1. The molecule has 1 aromatic rings. The third kappa shape index (κ3) is 3.25. The Morgan fingerprint density at radius 3 is 3.12 bits per heavy atom. The lowest BCUT2D eigenvalue weighted by Crippen LogP contribution is -2.24. The molecule has 0 heterocycles. The molecule has 1 atom stereocenters. The molecule has 0 spiro atoms. The van der Waals surface area contributed by atoms with E-state index in [-0.39, 0.29) is 12.4 Å². The summed E-state index contributed by atoms with van der Waals surface area (Å²) in [5.74, 6) is -0.157. The minimum Gasteiger partial charge on any atom is -0.394 e. The number of aryl methyl sites for hydroxylation is 1. The van der Waals surface area contributed by atoms with Gasteiger partial charge in [0, 0.05) is 12.6 Å². The molecule has 1 aromatic carbocycles. The molecule has 3 nitrogen and oxygen atoms in total. The zero-order chi connectivity index (χ0) is 12.1. The van der Waals surface area contributed by atoms with E-state index in [2.05, 4.69) is 5.32 Å². The summed E-state index contributed by atoms with van der Waals surface area (Å²) in [6.07, 6.45) is 1.95. The normalized spacial score (nSPS) is 18.4. The number of aliphatic hydroxyl groups excluding tert-OH is 1. The maximum atomic E-state index is 13.0. The summed E-state index contributed by atoms with van der Waals surface area (Å²) in [5.41, 5.74) is 2.31. The molecule has 0 amide bonds. The Bertz CT molecular complexity index is 370. The molecule has 1 aliphatic rings. The van der Waals surface area contributed by atoms with Crippen LogP contribution >= 0.6 is 0 Å². The summed E-state index contributed by atoms with van der Waals surface area (Å²) in [6.45, 7) is 1.79. The summed E-state index contributed by atoms with van der Waals surface area (Å²) in [6, 6.07) is 5.31. The van der Waals surface area contributed by atoms with Gasteiger partial charge in [0.1, 0.15) is 5.82 Å². The second-order valence-corrected chi connectivity index (χ2v) is 4.22. The van der Waals surface area contributed by atoms with E-state index in [1.807, 2.05) is 6.07 Å². The van der Waals surface area contributed by atoms with E-state index in [1.165, 1.54) is 11.6 Å². The third-order valence-electron chi connectivity index (χ3n) is 3.06. The Labute approximate surface area is 101 Å². The van der Waals surface area contributed by atoms with Crippen molar-refractivity contribution in [3.63, 3.8) is 0 Å². The van der Waals surface area contributed by atoms with Gasteiger partial charge in [0.2, 0.25) is 0 Å². The first-order chi connectivity index (χ1) is 8.31. The van der Waals surface area contributed by atoms with E-state index in [0.717, 1.165) is 24.9 Å². The van der Waals surface area contributed by atoms with Gasteiger partial charge in [-0.15, -0.1) is 0 Å². The number of aliphatic hydroxyl groups is 1. The van der Waals surface area contributed by atoms with Gasteiger partial charge in [-0.2, -0.15) is 0 Å². The molecule has 2 N–H and O–H groups in total. The molecule has 1 aliphatic carbocycles. The first kappa shape index (κ1) is 12.5. The van der Waals surface area contributed by atoms with Crippen LogP contribution in [0.1, 0.15) is 23.6 Å². The van der Waals surface area contributed by atoms with Gasteiger partial charge in [0.05, 0.1) is 19.8 Å². The Hall–Kier alpha value is -0.970. The standard InChI is InChI=1S/C13H18FNO2/c14-11-2-3-12-10(9-11)1-4-13(12)15-5-7-17-8-6-16/h2-3,9,13,15-16H,1,4-8H2. The van der Waals surface area contributed by atoms with E-state index in [1.54, 1.807) is 6.07 Å². The number of ether oxygens (including phenoxy) is 1. The SMILES string of the molecule is OCCOCCNC1CCc2cc(F)ccc21. The molecule has 0 aromatic heterocycles. The fraction of sp³-hybridized carbons (Fsp3) is 0.538. The summed E-state index contributed by atoms with van der Waals surface area (Å²) in [7, 11) is 0. The third-order valence-corrected chi connectivity index (χ3v) is 3.06. The van der Waals surface area contributed by atoms with Crippen LogP contribution in [-0.4, -0.2) is 31.5 Å². The summed E-state index contributed by atoms with van der Waals surface area (Å²) in [4.78, 5) is 0. The number of hydrogen-bond donors (Lipinski definition) is 2. The molecule has 2 rings (SSSR count). The highest BCUT2D eigenvalue weighted by molar-refractivity contribution is 5.34. The van der Waals surface area contributed by atoms with Gasteiger partial charge < -0.3 is 15.2 Å². The van der Waals surface area contributed by atoms with Crippen LogP contribution in [-0.2, 0) is 11.2 Å². The van der Waals surface area contributed by atoms with Crippen molar-refractivity contribution in [2.24, 2.45) is 0 Å². The van der Waals surface area contributed by atoms with Crippen LogP contribution in [0.4, 0.5) is 4.39 Å². The second kappa shape index (κ2) is 6.10. The van der Waals surface area contributed by atoms with Crippen LogP contribution in [0.2, 0.25) is 0 Å². The van der Waals surface area contributed by atoms with E-state index in [0.29, 0.717) is 19.3 Å². The zero-order valence-electron chi connectivity index (χ0n) is 9.79. The molecule has 1 unspecified atom stereocenters. The van der Waals surface area contributed by atoms with Crippen LogP contribution in [0.25, 0.3) is 0 Å². The van der Waals surface area contributed by atoms with E-state index in [9.17, 15) is 4.39 Å². The minimum absolute atomic E-state index is 0.0611. The Morgan fingerprint density at radius 1 is 1.41 bits per heavy atom. The minimum atomic E-state index is -0.157. The van der Waals surface area contributed by atoms with E-state index >= 15 is 0 Å². The summed E-state index contributed by atoms with van der Waals surface area (Å²) >= 11 is 0. The van der Waals surface area contributed by atoms with Gasteiger partial charge in [-0.25, -0.2) is 4.39 Å². The molecule has 94 valence electrons. The quantitative estimate of drug-likeness (QED) is 0.738. The summed E-state index contributed by atoms with van der Waals surface area (Å²) in [5, 5.41) is 11.9. The lowest BCUT2D eigenvalue weighted by Gasteiger charge is -2.13. The molecule has 0 saturated heterocycles. The van der Waals surface area contributed by atoms with Crippen LogP contribution in [0.5, 0.6) is 0 Å². The van der Waals surface area contributed by atoms with Crippen molar-refractivity contribution in [3.8, 4) is 0 Å². The predicted octanol–water partition coefficient (Wildman–Crippen LogP) is 1.41. The van der Waals surface area contributed by atoms with Gasteiger partial charge >= 0.3 is 0 Å². The molecule has 17 heavy (non-hydrogen) atoms. The first-order valence-electron chi connectivity index (χ1n) is 6.01. The highest BCUT2D eigenvalue weighted by Crippen LogP contribution is 2.31. The molecule has 0 bridgehead atoms. The van der Waals surface area contributed by atoms with Gasteiger partial charge in [0.15, 0.2) is 0 Å². The predicted molar refractivity (Wildman–Crippen MR) is 63.4 cm³/mol. The van der Waals surface area contributed by atoms with Crippen LogP contribution in [0, 0.1) is 5.82 Å². The van der Waals surface area contributed by atoms with Crippen molar-refractivity contribution < 1.29 is 14.2 Å². The first-order valence-corrected chi connectivity index (χ1v) is 6.01. The van der Waals surface area contributed by atoms with Crippen LogP contribution in [0.3, 0.4) is 0 Å². The lowest BCUT2D eigenvalue weighted by molar-refractivity contribution is 0.0926. The monoisotopic (exact) mass is 239 g/mol. The maximum absolute atomic E-state index is 13.0. The lowest BCUT2D eigenvalue weighted by atomic mass is 10.1. The zero-order valence-corrected chi connectivity index (χ0v) is 9.79. The number of fused-ring (bicyclic) bond motifs is 1. The molecule has 0 radical (unpaired) electrons. The Balaban J connectivity index is 1.81. The fourth-order valence-corrected chi connectivity index (χ4v) is 2.27. The Morgan fingerprint density at radius 2 is 2.29 bits per heavy atom. The van der Waals surface area contributed by atoms with Crippen LogP contribution < -0.4 is 5.32 Å². The van der Waals surface area contributed by atoms with Crippen molar-refractivity contribution in [2.45, 2.75) is 18.9 Å². The van der Waals surface area contributed by atoms with E-state index < -0.39 is 0 Å². The highest BCUT2D eigenvalue weighted by Gasteiger charge is 2.21. The Kier molecular flexibility index (Phi) is 4.48. The topological polar surface area (TPSA) is 41.5 Å². The average Bonchev–Trinajstić information content (AvgIpc) is 2.71. The van der Waals surface area contributed by atoms with Crippen molar-refractivity contribution in [2.75, 3.05) is 26.4 Å². The van der Waals surface area contributed by atoms with Crippen LogP contribution in [0.15, 0.2) is 18.2 Å². The number of nitrogens with one attached hydrogen (secondary N) is 1. The number of rotatable bonds is 6. The molecule has 4 heteroatoms. The maximum Gasteiger partial charge on any atom is 0.123 e. The molecule has 0 saturated carbocycles. The molecular weight excluding hydrogens is 221 g/mol. The second-order valence-electron chi connectivity index (χ2n) is 4.22. The number of hydrogen-bond acceptors (Lipinski definition) is 3. The van der Waals surface area contributed by atoms with Crippen molar-refractivity contribution in [3.05, 3.63) is 35.1 Å². The van der Waals surface area contributed by atoms with E-state index in [4.69, 9.17) is 9.84 Å². The van der Waals surface area contributed by atoms with Gasteiger partial charge in [0.25, 0.3) is 0 Å². The smallest absolute Gasteiger partial charge is 0.123 e. The van der Waals surface area contributed by atoms with Gasteiger partial charge in [-0.1, -0.05) is 6.07 Å². The van der Waals surface area contributed by atoms with Gasteiger partial charge in [-0.05, 0) is 36.1 Å². The molecule has 0 aliphatic heterocycles. The largest absolute Gasteiger partial charge is 0.394 e. The van der Waals surface area contributed by atoms with Crippen molar-refractivity contribution in [1.82, 2.24) is 5.32 Å². The number of benzene rings is 1. The summed E-state index contributed by atoms with van der Waals surface area (Å²) < 4.78 is 18.2. The highest BCUT2D eigenvalue weighted by atomic mass is 19.1.